The lowest BCUT2D eigenvalue weighted by molar-refractivity contribution is -0.124. The van der Waals surface area contributed by atoms with Crippen LogP contribution in [0.3, 0.4) is 0 Å². The van der Waals surface area contributed by atoms with Crippen molar-refractivity contribution in [3.63, 3.8) is 0 Å². The van der Waals surface area contributed by atoms with Gasteiger partial charge in [0.05, 0.1) is 6.04 Å². The van der Waals surface area contributed by atoms with Gasteiger partial charge in [0.2, 0.25) is 5.91 Å². The molecule has 1 aliphatic heterocycles. The molecule has 1 aliphatic rings. The van der Waals surface area contributed by atoms with E-state index in [9.17, 15) is 4.79 Å². The van der Waals surface area contributed by atoms with Gasteiger partial charge < -0.3 is 20.2 Å². The van der Waals surface area contributed by atoms with Gasteiger partial charge in [0.25, 0.3) is 0 Å². The quantitative estimate of drug-likeness (QED) is 0.866. The number of hydrogen-bond donors (Lipinski definition) is 2. The number of rotatable bonds is 4. The number of imidazole rings is 1. The van der Waals surface area contributed by atoms with Crippen molar-refractivity contribution in [1.29, 1.82) is 0 Å². The van der Waals surface area contributed by atoms with Crippen LogP contribution in [0.5, 0.6) is 0 Å². The number of hydrogen-bond acceptors (Lipinski definition) is 4. The third-order valence-corrected chi connectivity index (χ3v) is 4.01. The van der Waals surface area contributed by atoms with E-state index in [1.165, 1.54) is 0 Å². The summed E-state index contributed by atoms with van der Waals surface area (Å²) in [5.74, 6) is 0.124. The molecule has 0 aromatic carbocycles. The number of halogens is 2. The first-order chi connectivity index (χ1) is 10.2. The monoisotopic (exact) mass is 360 g/mol. The van der Waals surface area contributed by atoms with Crippen LogP contribution in [0, 0.1) is 5.92 Å². The predicted molar refractivity (Wildman–Crippen MR) is 93.1 cm³/mol. The normalized spacial score (nSPS) is 16.2. The standard InChI is InChI=1S/C15H20N4O2.2ClH/c16-14(12-2-7-21-8-3-12)15(20)18-10-11-1-5-19-6-4-17-13(19)9-11;;/h1,4-6,9,12,14H,2-3,7-8,10,16H2,(H,18,20);2*1H. The summed E-state index contributed by atoms with van der Waals surface area (Å²) in [6, 6.07) is 3.47. The maximum Gasteiger partial charge on any atom is 0.237 e. The van der Waals surface area contributed by atoms with Crippen LogP contribution in [0.4, 0.5) is 0 Å². The summed E-state index contributed by atoms with van der Waals surface area (Å²) in [5, 5.41) is 2.91. The fraction of sp³-hybridized carbons (Fsp3) is 0.467. The fourth-order valence-corrected chi connectivity index (χ4v) is 2.66. The van der Waals surface area contributed by atoms with Crippen LogP contribution >= 0.6 is 24.8 Å². The van der Waals surface area contributed by atoms with Gasteiger partial charge in [0, 0.05) is 38.3 Å². The Morgan fingerprint density at radius 2 is 2.13 bits per heavy atom. The first-order valence-corrected chi connectivity index (χ1v) is 7.26. The summed E-state index contributed by atoms with van der Waals surface area (Å²) in [6.07, 6.45) is 7.28. The molecule has 2 aromatic heterocycles. The summed E-state index contributed by atoms with van der Waals surface area (Å²) in [4.78, 5) is 16.4. The van der Waals surface area contributed by atoms with Crippen molar-refractivity contribution in [3.05, 3.63) is 36.3 Å². The van der Waals surface area contributed by atoms with Crippen molar-refractivity contribution >= 4 is 36.4 Å². The molecule has 3 rings (SSSR count). The summed E-state index contributed by atoms with van der Waals surface area (Å²) in [7, 11) is 0. The number of fused-ring (bicyclic) bond motifs is 1. The Labute approximate surface area is 147 Å². The van der Waals surface area contributed by atoms with Crippen LogP contribution in [-0.2, 0) is 16.1 Å². The van der Waals surface area contributed by atoms with E-state index >= 15 is 0 Å². The van der Waals surface area contributed by atoms with Gasteiger partial charge in [-0.05, 0) is 36.5 Å². The molecule has 128 valence electrons. The van der Waals surface area contributed by atoms with Gasteiger partial charge in [-0.3, -0.25) is 4.79 Å². The lowest BCUT2D eigenvalue weighted by Gasteiger charge is -2.26. The van der Waals surface area contributed by atoms with E-state index in [4.69, 9.17) is 10.5 Å². The number of aromatic nitrogens is 2. The molecule has 1 saturated heterocycles. The topological polar surface area (TPSA) is 81.7 Å². The number of amides is 1. The molecule has 1 fully saturated rings. The van der Waals surface area contributed by atoms with Crippen LogP contribution in [0.2, 0.25) is 0 Å². The van der Waals surface area contributed by atoms with E-state index in [1.54, 1.807) is 6.20 Å². The molecule has 8 heteroatoms. The number of carbonyl (C=O) groups excluding carboxylic acids is 1. The third kappa shape index (κ3) is 4.81. The van der Waals surface area contributed by atoms with Gasteiger partial charge in [-0.2, -0.15) is 0 Å². The Morgan fingerprint density at radius 1 is 1.39 bits per heavy atom. The average molecular weight is 361 g/mol. The smallest absolute Gasteiger partial charge is 0.237 e. The number of carbonyl (C=O) groups is 1. The zero-order chi connectivity index (χ0) is 14.7. The van der Waals surface area contributed by atoms with E-state index in [0.29, 0.717) is 19.8 Å². The second kappa shape index (κ2) is 9.08. The third-order valence-electron chi connectivity index (χ3n) is 4.01. The molecule has 1 amide bonds. The lowest BCUT2D eigenvalue weighted by atomic mass is 9.92. The number of nitrogens with one attached hydrogen (secondary N) is 1. The fourth-order valence-electron chi connectivity index (χ4n) is 2.66. The summed E-state index contributed by atoms with van der Waals surface area (Å²) >= 11 is 0. The highest BCUT2D eigenvalue weighted by Crippen LogP contribution is 2.17. The molecule has 3 heterocycles. The van der Waals surface area contributed by atoms with Crippen LogP contribution in [-0.4, -0.2) is 34.5 Å². The van der Waals surface area contributed by atoms with E-state index in [1.807, 2.05) is 28.9 Å². The second-order valence-electron chi connectivity index (χ2n) is 5.42. The van der Waals surface area contributed by atoms with Gasteiger partial charge in [-0.1, -0.05) is 0 Å². The minimum absolute atomic E-state index is 0. The molecule has 23 heavy (non-hydrogen) atoms. The van der Waals surface area contributed by atoms with Crippen LogP contribution in [0.25, 0.3) is 5.65 Å². The van der Waals surface area contributed by atoms with Crippen molar-refractivity contribution in [2.24, 2.45) is 11.7 Å². The number of nitrogens with zero attached hydrogens (tertiary/aromatic N) is 2. The van der Waals surface area contributed by atoms with Crippen LogP contribution < -0.4 is 11.1 Å². The average Bonchev–Trinajstić information content (AvgIpc) is 3.00. The maximum absolute atomic E-state index is 12.1. The molecular formula is C15H22Cl2N4O2. The Bertz CT molecular complexity index is 629. The Balaban J connectivity index is 0.00000132. The first-order valence-electron chi connectivity index (χ1n) is 7.26. The van der Waals surface area contributed by atoms with Gasteiger partial charge >= 0.3 is 0 Å². The van der Waals surface area contributed by atoms with Crippen LogP contribution in [0.1, 0.15) is 18.4 Å². The molecule has 0 radical (unpaired) electrons. The highest BCUT2D eigenvalue weighted by molar-refractivity contribution is 5.85. The van der Waals surface area contributed by atoms with Crippen molar-refractivity contribution in [1.82, 2.24) is 14.7 Å². The zero-order valence-electron chi connectivity index (χ0n) is 12.7. The largest absolute Gasteiger partial charge is 0.381 e. The molecule has 0 saturated carbocycles. The Morgan fingerprint density at radius 3 is 2.87 bits per heavy atom. The zero-order valence-corrected chi connectivity index (χ0v) is 14.3. The van der Waals surface area contributed by atoms with E-state index < -0.39 is 6.04 Å². The molecule has 0 bridgehead atoms. The van der Waals surface area contributed by atoms with Gasteiger partial charge in [-0.25, -0.2) is 4.98 Å². The first kappa shape index (κ1) is 19.7. The molecule has 3 N–H and O–H groups in total. The van der Waals surface area contributed by atoms with E-state index in [-0.39, 0.29) is 36.6 Å². The molecule has 1 atom stereocenters. The summed E-state index contributed by atoms with van der Waals surface area (Å²) in [5.41, 5.74) is 7.93. The molecular weight excluding hydrogens is 339 g/mol. The van der Waals surface area contributed by atoms with Crippen molar-refractivity contribution in [3.8, 4) is 0 Å². The van der Waals surface area contributed by atoms with Gasteiger partial charge in [0.15, 0.2) is 0 Å². The Kier molecular flexibility index (Phi) is 7.78. The molecule has 1 unspecified atom stereocenters. The highest BCUT2D eigenvalue weighted by Gasteiger charge is 2.26. The highest BCUT2D eigenvalue weighted by atomic mass is 35.5. The number of nitrogens with two attached hydrogens (primary N) is 1. The lowest BCUT2D eigenvalue weighted by Crippen LogP contribution is -2.46. The summed E-state index contributed by atoms with van der Waals surface area (Å²) < 4.78 is 7.23. The van der Waals surface area contributed by atoms with Gasteiger partial charge in [0.1, 0.15) is 5.65 Å². The van der Waals surface area contributed by atoms with Crippen molar-refractivity contribution < 1.29 is 9.53 Å². The van der Waals surface area contributed by atoms with Crippen LogP contribution in [0.15, 0.2) is 30.7 Å². The molecule has 2 aromatic rings. The van der Waals surface area contributed by atoms with E-state index in [2.05, 4.69) is 10.3 Å². The SMILES string of the molecule is Cl.Cl.NC(C(=O)NCc1ccn2ccnc2c1)C1CCOCC1. The minimum Gasteiger partial charge on any atom is -0.381 e. The Hall–Kier alpha value is -1.34. The molecule has 0 aliphatic carbocycles. The summed E-state index contributed by atoms with van der Waals surface area (Å²) in [6.45, 7) is 1.86. The molecule has 0 spiro atoms. The predicted octanol–water partition coefficient (Wildman–Crippen LogP) is 1.55. The minimum atomic E-state index is -0.455. The van der Waals surface area contributed by atoms with E-state index in [0.717, 1.165) is 24.1 Å². The maximum atomic E-state index is 12.1. The van der Waals surface area contributed by atoms with Gasteiger partial charge in [-0.15, -0.1) is 24.8 Å². The number of pyridine rings is 1. The number of ether oxygens (including phenoxy) is 1. The second-order valence-corrected chi connectivity index (χ2v) is 5.42. The van der Waals surface area contributed by atoms with Crippen molar-refractivity contribution in [2.75, 3.05) is 13.2 Å². The molecule has 6 nitrogen and oxygen atoms in total. The van der Waals surface area contributed by atoms with Crippen molar-refractivity contribution in [2.45, 2.75) is 25.4 Å².